The smallest absolute Gasteiger partial charge is 0.160 e. The first-order valence-corrected chi connectivity index (χ1v) is 6.71. The highest BCUT2D eigenvalue weighted by molar-refractivity contribution is 5.07. The Bertz CT molecular complexity index is 368. The van der Waals surface area contributed by atoms with Crippen molar-refractivity contribution in [2.45, 2.75) is 59.2 Å². The molecule has 18 heavy (non-hydrogen) atoms. The second-order valence-corrected chi connectivity index (χ2v) is 4.92. The van der Waals surface area contributed by atoms with E-state index in [4.69, 9.17) is 4.74 Å². The van der Waals surface area contributed by atoms with Crippen molar-refractivity contribution in [1.29, 1.82) is 0 Å². The average Bonchev–Trinajstić information content (AvgIpc) is 2.37. The molecule has 4 nitrogen and oxygen atoms in total. The molecule has 0 amide bonds. The fourth-order valence-corrected chi connectivity index (χ4v) is 1.70. The largest absolute Gasteiger partial charge is 0.368 e. The molecular formula is C14H25N3O. The molecule has 1 unspecified atom stereocenters. The molecule has 0 aromatic carbocycles. The molecule has 1 atom stereocenters. The number of aromatic nitrogens is 2. The van der Waals surface area contributed by atoms with Crippen molar-refractivity contribution in [2.75, 3.05) is 6.61 Å². The summed E-state index contributed by atoms with van der Waals surface area (Å²) in [4.78, 5) is 8.97. The zero-order chi connectivity index (χ0) is 13.6. The van der Waals surface area contributed by atoms with E-state index in [1.807, 2.05) is 26.1 Å². The van der Waals surface area contributed by atoms with Gasteiger partial charge in [0.2, 0.25) is 0 Å². The lowest BCUT2D eigenvalue weighted by Crippen LogP contribution is -2.29. The third-order valence-electron chi connectivity index (χ3n) is 3.02. The Labute approximate surface area is 110 Å². The molecule has 0 saturated heterocycles. The van der Waals surface area contributed by atoms with Gasteiger partial charge in [-0.15, -0.1) is 0 Å². The van der Waals surface area contributed by atoms with Crippen LogP contribution >= 0.6 is 0 Å². The van der Waals surface area contributed by atoms with Crippen LogP contribution in [0.4, 0.5) is 0 Å². The SMILES string of the molecule is CCOC(C)(CC)c1nccc(CNC(C)C)n1. The minimum atomic E-state index is -0.386. The van der Waals surface area contributed by atoms with Crippen LogP contribution in [-0.4, -0.2) is 22.6 Å². The summed E-state index contributed by atoms with van der Waals surface area (Å²) < 4.78 is 5.80. The van der Waals surface area contributed by atoms with E-state index in [2.05, 4.69) is 36.1 Å². The van der Waals surface area contributed by atoms with Crippen molar-refractivity contribution in [1.82, 2.24) is 15.3 Å². The molecule has 0 radical (unpaired) electrons. The summed E-state index contributed by atoms with van der Waals surface area (Å²) in [5, 5.41) is 3.36. The summed E-state index contributed by atoms with van der Waals surface area (Å²) in [6.45, 7) is 11.8. The molecule has 0 saturated carbocycles. The van der Waals surface area contributed by atoms with E-state index in [-0.39, 0.29) is 5.60 Å². The van der Waals surface area contributed by atoms with Crippen molar-refractivity contribution >= 4 is 0 Å². The Morgan fingerprint density at radius 2 is 2.11 bits per heavy atom. The lowest BCUT2D eigenvalue weighted by Gasteiger charge is -2.26. The summed E-state index contributed by atoms with van der Waals surface area (Å²) >= 11 is 0. The van der Waals surface area contributed by atoms with Crippen LogP contribution in [0.3, 0.4) is 0 Å². The van der Waals surface area contributed by atoms with Gasteiger partial charge in [-0.3, -0.25) is 0 Å². The van der Waals surface area contributed by atoms with E-state index in [0.29, 0.717) is 12.6 Å². The molecule has 0 fully saturated rings. The first-order chi connectivity index (χ1) is 8.51. The summed E-state index contributed by atoms with van der Waals surface area (Å²) in [5.41, 5.74) is 0.621. The maximum atomic E-state index is 5.80. The van der Waals surface area contributed by atoms with Crippen molar-refractivity contribution < 1.29 is 4.74 Å². The quantitative estimate of drug-likeness (QED) is 0.809. The fraction of sp³-hybridized carbons (Fsp3) is 0.714. The number of ether oxygens (including phenoxy) is 1. The number of hydrogen-bond acceptors (Lipinski definition) is 4. The average molecular weight is 251 g/mol. The van der Waals surface area contributed by atoms with Crippen molar-refractivity contribution in [2.24, 2.45) is 0 Å². The molecule has 1 aromatic heterocycles. The first kappa shape index (κ1) is 15.1. The van der Waals surface area contributed by atoms with Gasteiger partial charge in [0, 0.05) is 25.4 Å². The molecule has 0 bridgehead atoms. The standard InChI is InChI=1S/C14H25N3O/c1-6-14(5,18-7-2)13-15-9-8-12(17-13)10-16-11(3)4/h8-9,11,16H,6-7,10H2,1-5H3. The van der Waals surface area contributed by atoms with E-state index >= 15 is 0 Å². The van der Waals surface area contributed by atoms with Crippen LogP contribution in [0.5, 0.6) is 0 Å². The van der Waals surface area contributed by atoms with Gasteiger partial charge < -0.3 is 10.1 Å². The third-order valence-corrected chi connectivity index (χ3v) is 3.02. The van der Waals surface area contributed by atoms with E-state index in [1.54, 1.807) is 0 Å². The van der Waals surface area contributed by atoms with Crippen LogP contribution in [0.15, 0.2) is 12.3 Å². The highest BCUT2D eigenvalue weighted by Crippen LogP contribution is 2.25. The number of nitrogens with zero attached hydrogens (tertiary/aromatic N) is 2. The predicted molar refractivity (Wildman–Crippen MR) is 73.3 cm³/mol. The topological polar surface area (TPSA) is 47.0 Å². The molecule has 0 spiro atoms. The highest BCUT2D eigenvalue weighted by atomic mass is 16.5. The summed E-state index contributed by atoms with van der Waals surface area (Å²) in [6, 6.07) is 2.40. The normalized spacial score (nSPS) is 14.8. The van der Waals surface area contributed by atoms with Crippen molar-refractivity contribution in [3.8, 4) is 0 Å². The Kier molecular flexibility index (Phi) is 5.69. The van der Waals surface area contributed by atoms with Gasteiger partial charge in [-0.1, -0.05) is 20.8 Å². The van der Waals surface area contributed by atoms with Gasteiger partial charge in [0.25, 0.3) is 0 Å². The molecule has 1 rings (SSSR count). The van der Waals surface area contributed by atoms with Gasteiger partial charge in [0.05, 0.1) is 5.69 Å². The van der Waals surface area contributed by atoms with Crippen molar-refractivity contribution in [3.63, 3.8) is 0 Å². The van der Waals surface area contributed by atoms with Gasteiger partial charge >= 0.3 is 0 Å². The van der Waals surface area contributed by atoms with Gasteiger partial charge in [0.1, 0.15) is 5.60 Å². The number of nitrogens with one attached hydrogen (secondary N) is 1. The minimum absolute atomic E-state index is 0.386. The highest BCUT2D eigenvalue weighted by Gasteiger charge is 2.28. The number of rotatable bonds is 7. The fourth-order valence-electron chi connectivity index (χ4n) is 1.70. The second kappa shape index (κ2) is 6.81. The van der Waals surface area contributed by atoms with Gasteiger partial charge in [-0.25, -0.2) is 9.97 Å². The molecular weight excluding hydrogens is 226 g/mol. The van der Waals surface area contributed by atoms with E-state index in [0.717, 1.165) is 24.5 Å². The molecule has 4 heteroatoms. The van der Waals surface area contributed by atoms with Crippen LogP contribution in [0.25, 0.3) is 0 Å². The van der Waals surface area contributed by atoms with Crippen LogP contribution in [0, 0.1) is 0 Å². The van der Waals surface area contributed by atoms with Crippen molar-refractivity contribution in [3.05, 3.63) is 23.8 Å². The van der Waals surface area contributed by atoms with Crippen LogP contribution in [0.1, 0.15) is 52.6 Å². The maximum Gasteiger partial charge on any atom is 0.160 e. The Hall–Kier alpha value is -1.00. The second-order valence-electron chi connectivity index (χ2n) is 4.92. The lowest BCUT2D eigenvalue weighted by molar-refractivity contribution is -0.0392. The Balaban J connectivity index is 2.86. The molecule has 1 aromatic rings. The monoisotopic (exact) mass is 251 g/mol. The summed E-state index contributed by atoms with van der Waals surface area (Å²) in [6.07, 6.45) is 2.68. The molecule has 0 aliphatic rings. The van der Waals surface area contributed by atoms with Crippen LogP contribution < -0.4 is 5.32 Å². The molecule has 0 aliphatic carbocycles. The zero-order valence-electron chi connectivity index (χ0n) is 12.2. The summed E-state index contributed by atoms with van der Waals surface area (Å²) in [5.74, 6) is 0.773. The molecule has 0 aliphatic heterocycles. The van der Waals surface area contributed by atoms with Gasteiger partial charge in [-0.2, -0.15) is 0 Å². The van der Waals surface area contributed by atoms with Gasteiger partial charge in [-0.05, 0) is 26.3 Å². The third kappa shape index (κ3) is 4.03. The number of hydrogen-bond donors (Lipinski definition) is 1. The molecule has 1 heterocycles. The zero-order valence-corrected chi connectivity index (χ0v) is 12.2. The first-order valence-electron chi connectivity index (χ1n) is 6.71. The minimum Gasteiger partial charge on any atom is -0.368 e. The molecule has 102 valence electrons. The lowest BCUT2D eigenvalue weighted by atomic mass is 10.0. The van der Waals surface area contributed by atoms with Crippen LogP contribution in [0.2, 0.25) is 0 Å². The molecule has 1 N–H and O–H groups in total. The Morgan fingerprint density at radius 3 is 2.67 bits per heavy atom. The van der Waals surface area contributed by atoms with E-state index in [9.17, 15) is 0 Å². The predicted octanol–water partition coefficient (Wildman–Crippen LogP) is 2.64. The van der Waals surface area contributed by atoms with E-state index < -0.39 is 0 Å². The van der Waals surface area contributed by atoms with Crippen LogP contribution in [-0.2, 0) is 16.9 Å². The summed E-state index contributed by atoms with van der Waals surface area (Å²) in [7, 11) is 0. The van der Waals surface area contributed by atoms with E-state index in [1.165, 1.54) is 0 Å². The maximum absolute atomic E-state index is 5.80. The Morgan fingerprint density at radius 1 is 1.39 bits per heavy atom. The van der Waals surface area contributed by atoms with Gasteiger partial charge in [0.15, 0.2) is 5.82 Å².